The first kappa shape index (κ1) is 14.0. The van der Waals surface area contributed by atoms with Gasteiger partial charge in [0.15, 0.2) is 0 Å². The number of ether oxygens (including phenoxy) is 1. The van der Waals surface area contributed by atoms with E-state index < -0.39 is 11.2 Å². The quantitative estimate of drug-likeness (QED) is 0.779. The van der Waals surface area contributed by atoms with E-state index in [0.717, 1.165) is 12.8 Å². The lowest BCUT2D eigenvalue weighted by molar-refractivity contribution is -0.350. The van der Waals surface area contributed by atoms with Gasteiger partial charge in [-0.25, -0.2) is 9.78 Å². The average molecular weight is 314 g/mol. The van der Waals surface area contributed by atoms with Crippen LogP contribution in [0.5, 0.6) is 0 Å². The second kappa shape index (κ2) is 5.51. The molecule has 1 saturated heterocycles. The van der Waals surface area contributed by atoms with E-state index >= 15 is 0 Å². The average Bonchev–Trinajstić information content (AvgIpc) is 3.24. The van der Waals surface area contributed by atoms with Crippen LogP contribution in [0.15, 0.2) is 44.7 Å². The third-order valence-electron chi connectivity index (χ3n) is 4.14. The molecular weight excluding hydrogens is 298 g/mol. The smallest absolute Gasteiger partial charge is 0.415 e. The van der Waals surface area contributed by atoms with E-state index in [0.29, 0.717) is 35.5 Å². The zero-order chi connectivity index (χ0) is 15.8. The number of hydrogen-bond donors (Lipinski definition) is 1. The van der Waals surface area contributed by atoms with Crippen LogP contribution in [0.2, 0.25) is 0 Å². The Kier molecular flexibility index (Phi) is 3.34. The molecule has 0 spiro atoms. The van der Waals surface area contributed by atoms with Gasteiger partial charge in [-0.1, -0.05) is 0 Å². The fourth-order valence-corrected chi connectivity index (χ4v) is 3.06. The molecule has 1 aliphatic rings. The van der Waals surface area contributed by atoms with Gasteiger partial charge in [0, 0.05) is 12.2 Å². The van der Waals surface area contributed by atoms with Gasteiger partial charge < -0.3 is 9.15 Å². The molecular formula is C16H16N3O4+. The first-order valence-electron chi connectivity index (χ1n) is 7.57. The van der Waals surface area contributed by atoms with Crippen molar-refractivity contribution in [2.45, 2.75) is 25.5 Å². The molecule has 118 valence electrons. The van der Waals surface area contributed by atoms with Crippen molar-refractivity contribution in [3.8, 4) is 11.3 Å². The Balaban J connectivity index is 1.95. The van der Waals surface area contributed by atoms with Crippen molar-refractivity contribution in [3.05, 3.63) is 51.5 Å². The van der Waals surface area contributed by atoms with Crippen LogP contribution in [0.1, 0.15) is 12.8 Å². The topological polar surface area (TPSA) is 91.4 Å². The van der Waals surface area contributed by atoms with Gasteiger partial charge in [-0.05, 0) is 31.0 Å². The Morgan fingerprint density at radius 3 is 3.00 bits per heavy atom. The van der Waals surface area contributed by atoms with Crippen molar-refractivity contribution in [2.24, 2.45) is 0 Å². The van der Waals surface area contributed by atoms with Gasteiger partial charge in [-0.2, -0.15) is 4.57 Å². The maximum Gasteiger partial charge on any atom is 0.415 e. The first-order chi connectivity index (χ1) is 11.2. The summed E-state index contributed by atoms with van der Waals surface area (Å²) in [6.07, 6.45) is 5.13. The van der Waals surface area contributed by atoms with Gasteiger partial charge in [-0.3, -0.25) is 9.78 Å². The molecule has 3 aromatic heterocycles. The normalized spacial score (nSPS) is 17.8. The van der Waals surface area contributed by atoms with Gasteiger partial charge in [0.25, 0.3) is 11.2 Å². The van der Waals surface area contributed by atoms with Gasteiger partial charge in [0.05, 0.1) is 18.6 Å². The molecule has 2 N–H and O–H groups in total. The van der Waals surface area contributed by atoms with Crippen LogP contribution in [-0.4, -0.2) is 22.3 Å². The molecule has 4 heterocycles. The third kappa shape index (κ3) is 2.39. The van der Waals surface area contributed by atoms with Crippen LogP contribution in [0.3, 0.4) is 0 Å². The number of aromatic amines is 2. The van der Waals surface area contributed by atoms with Crippen LogP contribution in [-0.2, 0) is 11.3 Å². The number of nitrogens with zero attached hydrogens (tertiary/aromatic N) is 1. The number of H-pyrrole nitrogens is 2. The molecule has 0 radical (unpaired) electrons. The summed E-state index contributed by atoms with van der Waals surface area (Å²) in [7, 11) is 0. The molecule has 3 aromatic rings. The molecule has 0 aliphatic carbocycles. The fraction of sp³-hybridized carbons (Fsp3) is 0.312. The third-order valence-corrected chi connectivity index (χ3v) is 4.14. The summed E-state index contributed by atoms with van der Waals surface area (Å²) in [6.45, 7) is 1.12. The molecule has 1 fully saturated rings. The summed E-state index contributed by atoms with van der Waals surface area (Å²) >= 11 is 0. The minimum Gasteiger partial charge on any atom is -0.464 e. The maximum absolute atomic E-state index is 12.3. The lowest BCUT2D eigenvalue weighted by Gasteiger charge is -2.09. The summed E-state index contributed by atoms with van der Waals surface area (Å²) in [4.78, 5) is 30.0. The molecule has 0 bridgehead atoms. The summed E-state index contributed by atoms with van der Waals surface area (Å²) in [5.74, 6) is 0.580. The standard InChI is InChI=1S/C16H15N3O4/c20-15-13-11(12-4-2-8-23-12)5-6-17-14(13)19(16(21)18-15)9-10-3-1-7-22-10/h2,4-6,8,10H,1,3,7,9H2,(H,18,20,21)/p+1. The Bertz CT molecular complexity index is 950. The predicted molar refractivity (Wildman–Crippen MR) is 82.1 cm³/mol. The second-order valence-electron chi connectivity index (χ2n) is 5.60. The SMILES string of the molecule is O=c1[nH]c(=O)n(CC2CCCO2)c2[nH+]ccc(-c3ccco3)c12. The molecule has 0 saturated carbocycles. The Labute approximate surface area is 130 Å². The molecule has 1 atom stereocenters. The van der Waals surface area contributed by atoms with Crippen LogP contribution in [0.25, 0.3) is 22.4 Å². The largest absolute Gasteiger partial charge is 0.464 e. The molecule has 1 unspecified atom stereocenters. The first-order valence-corrected chi connectivity index (χ1v) is 7.57. The molecule has 23 heavy (non-hydrogen) atoms. The van der Waals surface area contributed by atoms with E-state index in [1.165, 1.54) is 4.57 Å². The van der Waals surface area contributed by atoms with Crippen LogP contribution < -0.4 is 16.2 Å². The molecule has 1 aliphatic heterocycles. The van der Waals surface area contributed by atoms with Crippen molar-refractivity contribution in [3.63, 3.8) is 0 Å². The van der Waals surface area contributed by atoms with Crippen molar-refractivity contribution >= 4 is 11.0 Å². The highest BCUT2D eigenvalue weighted by atomic mass is 16.5. The van der Waals surface area contributed by atoms with E-state index in [2.05, 4.69) is 9.97 Å². The van der Waals surface area contributed by atoms with Gasteiger partial charge in [0.2, 0.25) is 0 Å². The number of nitrogens with one attached hydrogen (secondary N) is 2. The van der Waals surface area contributed by atoms with Crippen molar-refractivity contribution in [1.29, 1.82) is 0 Å². The van der Waals surface area contributed by atoms with E-state index in [1.54, 1.807) is 30.7 Å². The van der Waals surface area contributed by atoms with Gasteiger partial charge in [-0.15, -0.1) is 0 Å². The number of furan rings is 1. The number of hydrogen-bond acceptors (Lipinski definition) is 4. The Hall–Kier alpha value is -2.67. The highest BCUT2D eigenvalue weighted by molar-refractivity contribution is 5.88. The minimum atomic E-state index is -0.439. The van der Waals surface area contributed by atoms with E-state index in [4.69, 9.17) is 9.15 Å². The summed E-state index contributed by atoms with van der Waals surface area (Å²) in [5, 5.41) is 0.403. The van der Waals surface area contributed by atoms with Crippen molar-refractivity contribution < 1.29 is 14.1 Å². The zero-order valence-corrected chi connectivity index (χ0v) is 12.4. The summed E-state index contributed by atoms with van der Waals surface area (Å²) < 4.78 is 12.5. The van der Waals surface area contributed by atoms with E-state index in [-0.39, 0.29) is 6.10 Å². The predicted octanol–water partition coefficient (Wildman–Crippen LogP) is 0.943. The number of aromatic nitrogens is 3. The molecule has 7 heteroatoms. The number of pyridine rings is 1. The highest BCUT2D eigenvalue weighted by Crippen LogP contribution is 2.24. The highest BCUT2D eigenvalue weighted by Gasteiger charge is 2.25. The Morgan fingerprint density at radius 2 is 2.26 bits per heavy atom. The zero-order valence-electron chi connectivity index (χ0n) is 12.4. The summed E-state index contributed by atoms with van der Waals surface area (Å²) in [5.41, 5.74) is 0.247. The van der Waals surface area contributed by atoms with Gasteiger partial charge in [0.1, 0.15) is 17.7 Å². The lowest BCUT2D eigenvalue weighted by atomic mass is 10.1. The molecule has 4 rings (SSSR count). The minimum absolute atomic E-state index is 0.0116. The lowest BCUT2D eigenvalue weighted by Crippen LogP contribution is -2.36. The second-order valence-corrected chi connectivity index (χ2v) is 5.60. The summed E-state index contributed by atoms with van der Waals surface area (Å²) in [6, 6.07) is 5.30. The number of fused-ring (bicyclic) bond motifs is 1. The van der Waals surface area contributed by atoms with Crippen molar-refractivity contribution in [1.82, 2.24) is 9.55 Å². The number of rotatable bonds is 3. The Morgan fingerprint density at radius 1 is 1.35 bits per heavy atom. The maximum atomic E-state index is 12.3. The van der Waals surface area contributed by atoms with Crippen LogP contribution in [0, 0.1) is 0 Å². The van der Waals surface area contributed by atoms with Crippen molar-refractivity contribution in [2.75, 3.05) is 6.61 Å². The van der Waals surface area contributed by atoms with Gasteiger partial charge >= 0.3 is 5.69 Å². The monoisotopic (exact) mass is 314 g/mol. The molecule has 0 amide bonds. The van der Waals surface area contributed by atoms with Crippen LogP contribution in [0.4, 0.5) is 0 Å². The van der Waals surface area contributed by atoms with E-state index in [9.17, 15) is 9.59 Å². The molecule has 0 aromatic carbocycles. The van der Waals surface area contributed by atoms with Crippen LogP contribution >= 0.6 is 0 Å². The fourth-order valence-electron chi connectivity index (χ4n) is 3.06. The molecule has 7 nitrogen and oxygen atoms in total. The van der Waals surface area contributed by atoms with E-state index in [1.807, 2.05) is 0 Å².